The summed E-state index contributed by atoms with van der Waals surface area (Å²) in [6.07, 6.45) is 0. The smallest absolute Gasteiger partial charge is 0.191 e. The van der Waals surface area contributed by atoms with E-state index in [1.807, 2.05) is 24.3 Å². The van der Waals surface area contributed by atoms with Gasteiger partial charge in [0.1, 0.15) is 0 Å². The highest BCUT2D eigenvalue weighted by Gasteiger charge is 1.95. The number of hydrogen-bond acceptors (Lipinski definition) is 0. The van der Waals surface area contributed by atoms with Crippen LogP contribution in [0.1, 0.15) is 5.56 Å². The quantitative estimate of drug-likeness (QED) is 0.480. The van der Waals surface area contributed by atoms with E-state index in [4.69, 9.17) is 6.57 Å². The van der Waals surface area contributed by atoms with Gasteiger partial charge in [-0.2, -0.15) is 0 Å². The van der Waals surface area contributed by atoms with Crippen molar-refractivity contribution in [3.63, 3.8) is 0 Å². The Hall–Kier alpha value is -0.810. The van der Waals surface area contributed by atoms with Crippen molar-refractivity contribution in [2.75, 3.05) is 0 Å². The van der Waals surface area contributed by atoms with Crippen LogP contribution in [0.25, 0.3) is 4.85 Å². The van der Waals surface area contributed by atoms with Crippen molar-refractivity contribution in [3.8, 4) is 0 Å². The van der Waals surface area contributed by atoms with Crippen LogP contribution in [0.2, 0.25) is 0 Å². The molecular formula is C8H6BrN. The van der Waals surface area contributed by atoms with E-state index >= 15 is 0 Å². The molecule has 0 radical (unpaired) electrons. The third kappa shape index (κ3) is 1.37. The molecule has 1 aromatic carbocycles. The van der Waals surface area contributed by atoms with Gasteiger partial charge < -0.3 is 0 Å². The summed E-state index contributed by atoms with van der Waals surface area (Å²) in [6, 6.07) is 7.58. The van der Waals surface area contributed by atoms with Crippen LogP contribution < -0.4 is 0 Å². The van der Waals surface area contributed by atoms with Crippen molar-refractivity contribution in [1.29, 1.82) is 0 Å². The molecule has 1 aromatic rings. The Morgan fingerprint density at radius 1 is 1.40 bits per heavy atom. The normalized spacial score (nSPS) is 8.80. The van der Waals surface area contributed by atoms with Crippen LogP contribution in [0.3, 0.4) is 0 Å². The van der Waals surface area contributed by atoms with E-state index in [1.54, 1.807) is 0 Å². The minimum atomic E-state index is 0.736. The van der Waals surface area contributed by atoms with Gasteiger partial charge >= 0.3 is 0 Å². The standard InChI is InChI=1S/C8H6BrN/c1-10-8-5-3-2-4-7(8)6-9/h2-5H,6H2. The molecule has 10 heavy (non-hydrogen) atoms. The zero-order valence-electron chi connectivity index (χ0n) is 5.34. The van der Waals surface area contributed by atoms with Gasteiger partial charge in [-0.3, -0.25) is 0 Å². The van der Waals surface area contributed by atoms with Gasteiger partial charge in [-0.15, -0.1) is 0 Å². The lowest BCUT2D eigenvalue weighted by Gasteiger charge is -1.95. The summed E-state index contributed by atoms with van der Waals surface area (Å²) in [7, 11) is 0. The van der Waals surface area contributed by atoms with E-state index in [2.05, 4.69) is 20.8 Å². The molecular weight excluding hydrogens is 190 g/mol. The first-order valence-electron chi connectivity index (χ1n) is 2.90. The SMILES string of the molecule is [C-]#[N+]c1ccccc1CBr. The lowest BCUT2D eigenvalue weighted by molar-refractivity contribution is 1.45. The fourth-order valence-electron chi connectivity index (χ4n) is 0.733. The highest BCUT2D eigenvalue weighted by molar-refractivity contribution is 9.08. The fraction of sp³-hybridized carbons (Fsp3) is 0.125. The molecule has 0 aliphatic carbocycles. The summed E-state index contributed by atoms with van der Waals surface area (Å²) >= 11 is 3.31. The summed E-state index contributed by atoms with van der Waals surface area (Å²) in [4.78, 5) is 3.36. The fourth-order valence-corrected chi connectivity index (χ4v) is 1.21. The lowest BCUT2D eigenvalue weighted by Crippen LogP contribution is -1.74. The molecule has 1 rings (SSSR count). The molecule has 0 bridgehead atoms. The number of benzene rings is 1. The Labute approximate surface area is 68.6 Å². The molecule has 0 aliphatic heterocycles. The Morgan fingerprint density at radius 2 is 2.10 bits per heavy atom. The maximum atomic E-state index is 6.79. The van der Waals surface area contributed by atoms with Gasteiger partial charge in [-0.05, 0) is 5.56 Å². The van der Waals surface area contributed by atoms with Crippen molar-refractivity contribution in [2.24, 2.45) is 0 Å². The topological polar surface area (TPSA) is 4.36 Å². The zero-order valence-corrected chi connectivity index (χ0v) is 6.93. The minimum absolute atomic E-state index is 0.736. The van der Waals surface area contributed by atoms with E-state index in [0.29, 0.717) is 0 Å². The monoisotopic (exact) mass is 195 g/mol. The maximum Gasteiger partial charge on any atom is 0.191 e. The minimum Gasteiger partial charge on any atom is -0.238 e. The number of hydrogen-bond donors (Lipinski definition) is 0. The summed E-state index contributed by atoms with van der Waals surface area (Å²) in [5.41, 5.74) is 1.79. The van der Waals surface area contributed by atoms with Gasteiger partial charge in [0.05, 0.1) is 6.57 Å². The molecule has 0 atom stereocenters. The summed E-state index contributed by atoms with van der Waals surface area (Å²) in [5, 5.41) is 0.756. The Balaban J connectivity index is 3.12. The van der Waals surface area contributed by atoms with E-state index in [-0.39, 0.29) is 0 Å². The van der Waals surface area contributed by atoms with Crippen LogP contribution in [0, 0.1) is 6.57 Å². The van der Waals surface area contributed by atoms with Crippen molar-refractivity contribution < 1.29 is 0 Å². The molecule has 0 heterocycles. The van der Waals surface area contributed by atoms with Crippen molar-refractivity contribution >= 4 is 21.6 Å². The second-order valence-corrected chi connectivity index (χ2v) is 2.43. The Morgan fingerprint density at radius 3 is 2.60 bits per heavy atom. The number of alkyl halides is 1. The van der Waals surface area contributed by atoms with Crippen LogP contribution in [0.5, 0.6) is 0 Å². The van der Waals surface area contributed by atoms with E-state index in [9.17, 15) is 0 Å². The molecule has 0 aromatic heterocycles. The maximum absolute atomic E-state index is 6.79. The van der Waals surface area contributed by atoms with Gasteiger partial charge in [0.15, 0.2) is 5.69 Å². The van der Waals surface area contributed by atoms with Gasteiger partial charge in [-0.1, -0.05) is 40.2 Å². The molecule has 0 fully saturated rings. The zero-order chi connectivity index (χ0) is 7.40. The summed E-state index contributed by atoms with van der Waals surface area (Å²) in [6.45, 7) is 6.79. The second-order valence-electron chi connectivity index (χ2n) is 1.87. The molecule has 0 saturated heterocycles. The van der Waals surface area contributed by atoms with Crippen LogP contribution in [-0.2, 0) is 5.33 Å². The highest BCUT2D eigenvalue weighted by atomic mass is 79.9. The van der Waals surface area contributed by atoms with Crippen LogP contribution in [0.4, 0.5) is 5.69 Å². The second kappa shape index (κ2) is 3.38. The largest absolute Gasteiger partial charge is 0.238 e. The first kappa shape index (κ1) is 7.30. The van der Waals surface area contributed by atoms with Gasteiger partial charge in [0.2, 0.25) is 0 Å². The molecule has 0 N–H and O–H groups in total. The molecule has 0 saturated carbocycles. The van der Waals surface area contributed by atoms with Crippen molar-refractivity contribution in [2.45, 2.75) is 5.33 Å². The van der Waals surface area contributed by atoms with Crippen molar-refractivity contribution in [3.05, 3.63) is 41.2 Å². The third-order valence-electron chi connectivity index (χ3n) is 1.26. The number of para-hydroxylation sites is 1. The van der Waals surface area contributed by atoms with Crippen LogP contribution in [0.15, 0.2) is 24.3 Å². The summed E-state index contributed by atoms with van der Waals surface area (Å²) < 4.78 is 0. The first-order valence-corrected chi connectivity index (χ1v) is 4.02. The van der Waals surface area contributed by atoms with E-state index in [0.717, 1.165) is 16.6 Å². The predicted molar refractivity (Wildman–Crippen MR) is 45.3 cm³/mol. The average Bonchev–Trinajstić information content (AvgIpc) is 2.04. The molecule has 0 unspecified atom stereocenters. The van der Waals surface area contributed by atoms with Crippen molar-refractivity contribution in [1.82, 2.24) is 0 Å². The van der Waals surface area contributed by atoms with Gasteiger partial charge in [0, 0.05) is 5.33 Å². The Bertz CT molecular complexity index is 262. The summed E-state index contributed by atoms with van der Waals surface area (Å²) in [5.74, 6) is 0. The highest BCUT2D eigenvalue weighted by Crippen LogP contribution is 2.20. The van der Waals surface area contributed by atoms with E-state index < -0.39 is 0 Å². The molecule has 50 valence electrons. The Kier molecular flexibility index (Phi) is 2.47. The van der Waals surface area contributed by atoms with Crippen LogP contribution in [-0.4, -0.2) is 0 Å². The number of nitrogens with zero attached hydrogens (tertiary/aromatic N) is 1. The van der Waals surface area contributed by atoms with Gasteiger partial charge in [-0.25, -0.2) is 4.85 Å². The molecule has 1 nitrogen and oxygen atoms in total. The van der Waals surface area contributed by atoms with E-state index in [1.165, 1.54) is 0 Å². The number of halogens is 1. The molecule has 0 spiro atoms. The molecule has 2 heteroatoms. The third-order valence-corrected chi connectivity index (χ3v) is 1.86. The molecule has 0 aliphatic rings. The lowest BCUT2D eigenvalue weighted by atomic mass is 10.2. The molecule has 0 amide bonds. The van der Waals surface area contributed by atoms with Gasteiger partial charge in [0.25, 0.3) is 0 Å². The predicted octanol–water partition coefficient (Wildman–Crippen LogP) is 3.13. The number of rotatable bonds is 1. The first-order chi connectivity index (χ1) is 4.88. The van der Waals surface area contributed by atoms with Crippen LogP contribution >= 0.6 is 15.9 Å². The average molecular weight is 196 g/mol.